The molecular weight excluding hydrogens is 337 g/mol. The predicted octanol–water partition coefficient (Wildman–Crippen LogP) is 2.29. The van der Waals surface area contributed by atoms with Crippen LogP contribution in [0, 0.1) is 10.1 Å². The molecule has 0 aliphatic carbocycles. The Kier molecular flexibility index (Phi) is 6.09. The van der Waals surface area contributed by atoms with Crippen molar-refractivity contribution >= 4 is 23.3 Å². The van der Waals surface area contributed by atoms with Crippen LogP contribution in [0.1, 0.15) is 16.8 Å². The quantitative estimate of drug-likeness (QED) is 0.476. The van der Waals surface area contributed by atoms with Crippen LogP contribution in [0.5, 0.6) is 0 Å². The Morgan fingerprint density at radius 3 is 2.38 bits per heavy atom. The van der Waals surface area contributed by atoms with Crippen molar-refractivity contribution in [2.24, 2.45) is 0 Å². The van der Waals surface area contributed by atoms with Gasteiger partial charge in [-0.1, -0.05) is 0 Å². The first-order chi connectivity index (χ1) is 11.1. The van der Waals surface area contributed by atoms with E-state index < -0.39 is 41.2 Å². The summed E-state index contributed by atoms with van der Waals surface area (Å²) in [5, 5.41) is 13.2. The number of nitro groups is 1. The van der Waals surface area contributed by atoms with Crippen LogP contribution < -0.4 is 5.32 Å². The molecule has 0 amide bonds. The van der Waals surface area contributed by atoms with Gasteiger partial charge in [0.2, 0.25) is 0 Å². The van der Waals surface area contributed by atoms with Gasteiger partial charge in [0.25, 0.3) is 5.69 Å². The van der Waals surface area contributed by atoms with Crippen LogP contribution in [0.25, 0.3) is 0 Å². The summed E-state index contributed by atoms with van der Waals surface area (Å²) < 4.78 is 46.3. The number of esters is 2. The van der Waals surface area contributed by atoms with Crippen LogP contribution in [0.3, 0.4) is 0 Å². The van der Waals surface area contributed by atoms with Crippen LogP contribution in [-0.2, 0) is 14.3 Å². The largest absolute Gasteiger partial charge is 0.467 e. The van der Waals surface area contributed by atoms with E-state index in [1.54, 1.807) is 0 Å². The maximum Gasteiger partial charge on any atom is 0.391 e. The lowest BCUT2D eigenvalue weighted by Gasteiger charge is -2.19. The number of carbonyl (C=O) groups is 2. The molecule has 0 aliphatic rings. The lowest BCUT2D eigenvalue weighted by molar-refractivity contribution is -0.384. The maximum atomic E-state index is 12.5. The zero-order valence-corrected chi connectivity index (χ0v) is 12.5. The molecule has 1 aromatic rings. The van der Waals surface area contributed by atoms with Crippen molar-refractivity contribution in [2.75, 3.05) is 19.5 Å². The summed E-state index contributed by atoms with van der Waals surface area (Å²) in [6.07, 6.45) is -6.29. The highest BCUT2D eigenvalue weighted by atomic mass is 19.4. The Labute approximate surface area is 133 Å². The normalized spacial score (nSPS) is 12.2. The van der Waals surface area contributed by atoms with Crippen molar-refractivity contribution in [3.8, 4) is 0 Å². The topological polar surface area (TPSA) is 108 Å². The van der Waals surface area contributed by atoms with Gasteiger partial charge in [0.05, 0.1) is 31.1 Å². The Morgan fingerprint density at radius 2 is 1.92 bits per heavy atom. The zero-order chi connectivity index (χ0) is 18.5. The first-order valence-corrected chi connectivity index (χ1v) is 6.37. The monoisotopic (exact) mass is 350 g/mol. The third-order valence-corrected chi connectivity index (χ3v) is 2.87. The number of rotatable bonds is 6. The number of hydrogen-bond donors (Lipinski definition) is 1. The van der Waals surface area contributed by atoms with Crippen molar-refractivity contribution in [3.05, 3.63) is 33.9 Å². The Morgan fingerprint density at radius 1 is 1.29 bits per heavy atom. The third kappa shape index (κ3) is 5.11. The summed E-state index contributed by atoms with van der Waals surface area (Å²) in [6, 6.07) is 1.08. The number of benzene rings is 1. The fourth-order valence-electron chi connectivity index (χ4n) is 1.80. The summed E-state index contributed by atoms with van der Waals surface area (Å²) in [5.41, 5.74) is -1.22. The number of hydrogen-bond acceptors (Lipinski definition) is 7. The highest BCUT2D eigenvalue weighted by molar-refractivity contribution is 5.91. The van der Waals surface area contributed by atoms with E-state index in [0.29, 0.717) is 0 Å². The van der Waals surface area contributed by atoms with Gasteiger partial charge in [0, 0.05) is 6.07 Å². The SMILES string of the molecule is COC(=O)c1ccc(NC(CC(F)(F)F)C(=O)OC)c([N+](=O)[O-])c1. The van der Waals surface area contributed by atoms with Crippen LogP contribution in [-0.4, -0.2) is 43.3 Å². The molecule has 24 heavy (non-hydrogen) atoms. The molecule has 1 unspecified atom stereocenters. The molecule has 1 aromatic carbocycles. The zero-order valence-electron chi connectivity index (χ0n) is 12.5. The summed E-state index contributed by atoms with van der Waals surface area (Å²) in [7, 11) is 1.96. The van der Waals surface area contributed by atoms with E-state index in [4.69, 9.17) is 0 Å². The second-order valence-electron chi connectivity index (χ2n) is 4.52. The van der Waals surface area contributed by atoms with Gasteiger partial charge in [-0.25, -0.2) is 9.59 Å². The van der Waals surface area contributed by atoms with Crippen LogP contribution >= 0.6 is 0 Å². The molecule has 11 heteroatoms. The molecule has 0 aromatic heterocycles. The van der Waals surface area contributed by atoms with Gasteiger partial charge in [0.15, 0.2) is 0 Å². The first-order valence-electron chi connectivity index (χ1n) is 6.37. The van der Waals surface area contributed by atoms with E-state index in [1.165, 1.54) is 0 Å². The average Bonchev–Trinajstić information content (AvgIpc) is 2.51. The van der Waals surface area contributed by atoms with Crippen molar-refractivity contribution < 1.29 is 37.2 Å². The molecule has 0 saturated carbocycles. The molecule has 1 rings (SSSR count). The van der Waals surface area contributed by atoms with E-state index in [9.17, 15) is 32.9 Å². The van der Waals surface area contributed by atoms with E-state index in [-0.39, 0.29) is 11.3 Å². The first kappa shape index (κ1) is 19.2. The van der Waals surface area contributed by atoms with Gasteiger partial charge in [-0.2, -0.15) is 13.2 Å². The molecule has 0 bridgehead atoms. The molecular formula is C13H13F3N2O6. The minimum Gasteiger partial charge on any atom is -0.467 e. The number of anilines is 1. The van der Waals surface area contributed by atoms with Crippen LogP contribution in [0.15, 0.2) is 18.2 Å². The molecule has 0 fully saturated rings. The Balaban J connectivity index is 3.20. The number of alkyl halides is 3. The summed E-state index contributed by atoms with van der Waals surface area (Å²) in [5.74, 6) is -2.09. The van der Waals surface area contributed by atoms with Gasteiger partial charge >= 0.3 is 18.1 Å². The molecule has 1 atom stereocenters. The number of ether oxygens (including phenoxy) is 2. The number of methoxy groups -OCH3 is 2. The summed E-state index contributed by atoms with van der Waals surface area (Å²) in [6.45, 7) is 0. The molecule has 0 spiro atoms. The second kappa shape index (κ2) is 7.62. The minimum absolute atomic E-state index is 0.166. The second-order valence-corrected chi connectivity index (χ2v) is 4.52. The standard InChI is InChI=1S/C13H13F3N2O6/c1-23-11(19)7-3-4-8(10(5-7)18(21)22)17-9(12(20)24-2)6-13(14,15)16/h3-5,9,17H,6H2,1-2H3. The van der Waals surface area contributed by atoms with E-state index >= 15 is 0 Å². The molecule has 0 heterocycles. The minimum atomic E-state index is -4.70. The van der Waals surface area contributed by atoms with E-state index in [0.717, 1.165) is 32.4 Å². The van der Waals surface area contributed by atoms with Gasteiger partial charge in [-0.05, 0) is 12.1 Å². The molecule has 0 saturated heterocycles. The van der Waals surface area contributed by atoms with Gasteiger partial charge < -0.3 is 14.8 Å². The van der Waals surface area contributed by atoms with Gasteiger partial charge in [-0.15, -0.1) is 0 Å². The van der Waals surface area contributed by atoms with Gasteiger partial charge in [0.1, 0.15) is 11.7 Å². The third-order valence-electron chi connectivity index (χ3n) is 2.87. The fourth-order valence-corrected chi connectivity index (χ4v) is 1.80. The van der Waals surface area contributed by atoms with Crippen LogP contribution in [0.2, 0.25) is 0 Å². The number of nitro benzene ring substituents is 1. The van der Waals surface area contributed by atoms with E-state index in [1.807, 2.05) is 0 Å². The molecule has 1 N–H and O–H groups in total. The Bertz CT molecular complexity index is 647. The lowest BCUT2D eigenvalue weighted by Crippen LogP contribution is -2.35. The van der Waals surface area contributed by atoms with Crippen molar-refractivity contribution in [1.29, 1.82) is 0 Å². The Hall–Kier alpha value is -2.85. The lowest BCUT2D eigenvalue weighted by atomic mass is 10.1. The molecule has 0 aliphatic heterocycles. The summed E-state index contributed by atoms with van der Waals surface area (Å²) >= 11 is 0. The highest BCUT2D eigenvalue weighted by Gasteiger charge is 2.37. The highest BCUT2D eigenvalue weighted by Crippen LogP contribution is 2.29. The fraction of sp³-hybridized carbons (Fsp3) is 0.385. The van der Waals surface area contributed by atoms with E-state index in [2.05, 4.69) is 14.8 Å². The number of halogens is 3. The number of carbonyl (C=O) groups excluding carboxylic acids is 2. The van der Waals surface area contributed by atoms with Crippen LogP contribution in [0.4, 0.5) is 24.5 Å². The number of nitrogens with one attached hydrogen (secondary N) is 1. The average molecular weight is 350 g/mol. The molecule has 0 radical (unpaired) electrons. The van der Waals surface area contributed by atoms with Gasteiger partial charge in [-0.3, -0.25) is 10.1 Å². The van der Waals surface area contributed by atoms with Crippen molar-refractivity contribution in [1.82, 2.24) is 0 Å². The van der Waals surface area contributed by atoms with Crippen molar-refractivity contribution in [2.45, 2.75) is 18.6 Å². The summed E-state index contributed by atoms with van der Waals surface area (Å²) in [4.78, 5) is 33.0. The predicted molar refractivity (Wildman–Crippen MR) is 74.5 cm³/mol. The molecule has 8 nitrogen and oxygen atoms in total. The number of nitrogens with zero attached hydrogens (tertiary/aromatic N) is 1. The molecule has 132 valence electrons. The van der Waals surface area contributed by atoms with Crippen molar-refractivity contribution in [3.63, 3.8) is 0 Å². The smallest absolute Gasteiger partial charge is 0.391 e. The maximum absolute atomic E-state index is 12.5.